The van der Waals surface area contributed by atoms with Crippen LogP contribution in [-0.4, -0.2) is 5.21 Å². The van der Waals surface area contributed by atoms with Gasteiger partial charge in [-0.1, -0.05) is 12.1 Å². The summed E-state index contributed by atoms with van der Waals surface area (Å²) in [7, 11) is 0. The maximum Gasteiger partial charge on any atom is 0.163 e. The first-order valence-electron chi connectivity index (χ1n) is 7.00. The fraction of sp³-hybridized carbons (Fsp3) is 0.176. The third kappa shape index (κ3) is 3.14. The van der Waals surface area contributed by atoms with Gasteiger partial charge in [0.05, 0.1) is 5.92 Å². The lowest BCUT2D eigenvalue weighted by atomic mass is 9.95. The molecule has 2 heterocycles. The second-order valence-electron chi connectivity index (χ2n) is 5.26. The lowest BCUT2D eigenvalue weighted by Crippen LogP contribution is -2.99. The van der Waals surface area contributed by atoms with Gasteiger partial charge in [0.25, 0.3) is 0 Å². The topological polar surface area (TPSA) is 47.7 Å². The van der Waals surface area contributed by atoms with Crippen molar-refractivity contribution in [2.24, 2.45) is 0 Å². The highest BCUT2D eigenvalue weighted by atomic mass is 32.1. The molecule has 0 saturated heterocycles. The first kappa shape index (κ1) is 15.4. The predicted octanol–water partition coefficient (Wildman–Crippen LogP) is 4.01. The Hall–Kier alpha value is -1.50. The molecule has 0 aliphatic heterocycles. The zero-order valence-electron chi connectivity index (χ0n) is 12.4. The van der Waals surface area contributed by atoms with Gasteiger partial charge < -0.3 is 5.21 Å². The fourth-order valence-corrected chi connectivity index (χ4v) is 4.63. The van der Waals surface area contributed by atoms with Crippen LogP contribution in [0.15, 0.2) is 48.5 Å². The van der Waals surface area contributed by atoms with Gasteiger partial charge in [-0.05, 0) is 43.7 Å². The Labute approximate surface area is 137 Å². The average Bonchev–Trinajstić information content (AvgIpc) is 3.09. The van der Waals surface area contributed by atoms with Crippen molar-refractivity contribution in [3.63, 3.8) is 0 Å². The molecule has 3 rings (SSSR count). The summed E-state index contributed by atoms with van der Waals surface area (Å²) < 4.78 is 0. The van der Waals surface area contributed by atoms with Gasteiger partial charge in [-0.2, -0.15) is 5.23 Å². The molecular formula is C17H17NO2S2. The summed E-state index contributed by atoms with van der Waals surface area (Å²) in [6.45, 7) is 4.22. The standard InChI is InChI=1S/C17H17NO2S2/c1-11-3-9-15(21-11)17(16-10-4-12(2)22-16)13-5-7-14(8-6-13)18(19)20/h3-10,17-19H,1-2H3. The molecule has 1 unspecified atom stereocenters. The van der Waals surface area contributed by atoms with E-state index < -0.39 is 5.23 Å². The van der Waals surface area contributed by atoms with Gasteiger partial charge in [0, 0.05) is 31.6 Å². The van der Waals surface area contributed by atoms with E-state index in [-0.39, 0.29) is 5.92 Å². The number of hydrogen-bond donors (Lipinski definition) is 2. The third-order valence-corrected chi connectivity index (χ3v) is 5.71. The van der Waals surface area contributed by atoms with E-state index >= 15 is 0 Å². The molecule has 1 atom stereocenters. The summed E-state index contributed by atoms with van der Waals surface area (Å²) in [5.41, 5.74) is 1.46. The molecule has 3 aromatic rings. The SMILES string of the molecule is Cc1ccc(C(c2ccc([NH+]([O-])O)cc2)c2ccc(C)s2)s1. The number of aryl methyl sites for hydroxylation is 2. The molecule has 0 fully saturated rings. The Morgan fingerprint density at radius 2 is 1.36 bits per heavy atom. The van der Waals surface area contributed by atoms with Crippen LogP contribution in [0.2, 0.25) is 0 Å². The van der Waals surface area contributed by atoms with Crippen LogP contribution >= 0.6 is 22.7 Å². The van der Waals surface area contributed by atoms with Crippen molar-refractivity contribution in [3.05, 3.63) is 78.8 Å². The van der Waals surface area contributed by atoms with Crippen LogP contribution in [0, 0.1) is 19.1 Å². The highest BCUT2D eigenvalue weighted by Crippen LogP contribution is 2.39. The molecule has 114 valence electrons. The molecule has 22 heavy (non-hydrogen) atoms. The van der Waals surface area contributed by atoms with E-state index in [0.717, 1.165) is 5.56 Å². The first-order chi connectivity index (χ1) is 10.5. The highest BCUT2D eigenvalue weighted by Gasteiger charge is 2.20. The van der Waals surface area contributed by atoms with Gasteiger partial charge in [-0.25, -0.2) is 5.21 Å². The fourth-order valence-electron chi connectivity index (χ4n) is 2.50. The molecule has 5 heteroatoms. The average molecular weight is 331 g/mol. The summed E-state index contributed by atoms with van der Waals surface area (Å²) in [4.78, 5) is 5.16. The van der Waals surface area contributed by atoms with Gasteiger partial charge in [-0.3, -0.25) is 0 Å². The Morgan fingerprint density at radius 1 is 0.864 bits per heavy atom. The molecule has 0 saturated carbocycles. The molecule has 0 amide bonds. The molecule has 0 bridgehead atoms. The quantitative estimate of drug-likeness (QED) is 0.710. The van der Waals surface area contributed by atoms with E-state index in [4.69, 9.17) is 5.21 Å². The van der Waals surface area contributed by atoms with E-state index in [0.29, 0.717) is 5.69 Å². The molecule has 0 radical (unpaired) electrons. The Balaban J connectivity index is 2.05. The Kier molecular flexibility index (Phi) is 4.42. The summed E-state index contributed by atoms with van der Waals surface area (Å²) in [6.07, 6.45) is 0. The van der Waals surface area contributed by atoms with Crippen molar-refractivity contribution in [2.75, 3.05) is 0 Å². The predicted molar refractivity (Wildman–Crippen MR) is 91.3 cm³/mol. The molecule has 0 spiro atoms. The number of benzene rings is 1. The molecule has 2 N–H and O–H groups in total. The maximum atomic E-state index is 11.0. The number of thiophene rings is 2. The van der Waals surface area contributed by atoms with Crippen LogP contribution in [0.3, 0.4) is 0 Å². The number of rotatable bonds is 4. The van der Waals surface area contributed by atoms with Gasteiger partial charge in [-0.15, -0.1) is 22.7 Å². The van der Waals surface area contributed by atoms with Crippen LogP contribution in [0.4, 0.5) is 5.69 Å². The van der Waals surface area contributed by atoms with Gasteiger partial charge in [0.15, 0.2) is 5.69 Å². The van der Waals surface area contributed by atoms with E-state index in [1.807, 2.05) is 12.1 Å². The van der Waals surface area contributed by atoms with Gasteiger partial charge >= 0.3 is 0 Å². The maximum absolute atomic E-state index is 11.0. The van der Waals surface area contributed by atoms with Crippen molar-refractivity contribution < 1.29 is 10.4 Å². The van der Waals surface area contributed by atoms with E-state index in [1.54, 1.807) is 34.8 Å². The van der Waals surface area contributed by atoms with E-state index in [1.165, 1.54) is 19.5 Å². The second kappa shape index (κ2) is 6.32. The van der Waals surface area contributed by atoms with Crippen molar-refractivity contribution in [3.8, 4) is 0 Å². The summed E-state index contributed by atoms with van der Waals surface area (Å²) >= 11 is 3.59. The van der Waals surface area contributed by atoms with Crippen molar-refractivity contribution in [1.82, 2.24) is 0 Å². The monoisotopic (exact) mass is 331 g/mol. The molecule has 3 nitrogen and oxygen atoms in total. The van der Waals surface area contributed by atoms with Crippen molar-refractivity contribution in [2.45, 2.75) is 19.8 Å². The van der Waals surface area contributed by atoms with Crippen LogP contribution in [0.25, 0.3) is 0 Å². The lowest BCUT2D eigenvalue weighted by Gasteiger charge is -2.16. The van der Waals surface area contributed by atoms with Gasteiger partial charge in [0.1, 0.15) is 0 Å². The minimum absolute atomic E-state index is 0.181. The largest absolute Gasteiger partial charge is 0.595 e. The number of quaternary nitrogens is 1. The smallest absolute Gasteiger partial charge is 0.163 e. The Bertz CT molecular complexity index is 719. The highest BCUT2D eigenvalue weighted by molar-refractivity contribution is 7.13. The summed E-state index contributed by atoms with van der Waals surface area (Å²) in [5, 5.41) is 19.2. The van der Waals surface area contributed by atoms with E-state index in [9.17, 15) is 5.21 Å². The minimum atomic E-state index is -0.887. The molecule has 2 aromatic heterocycles. The first-order valence-corrected chi connectivity index (χ1v) is 8.64. The third-order valence-electron chi connectivity index (χ3n) is 3.58. The minimum Gasteiger partial charge on any atom is -0.595 e. The second-order valence-corrected chi connectivity index (χ2v) is 7.90. The molecule has 0 aliphatic carbocycles. The van der Waals surface area contributed by atoms with Gasteiger partial charge in [0.2, 0.25) is 0 Å². The molecule has 1 aromatic carbocycles. The molecular weight excluding hydrogens is 314 g/mol. The lowest BCUT2D eigenvalue weighted by molar-refractivity contribution is -0.991. The number of nitrogens with one attached hydrogen (secondary N) is 1. The van der Waals surface area contributed by atoms with E-state index in [2.05, 4.69) is 38.1 Å². The summed E-state index contributed by atoms with van der Waals surface area (Å²) in [5.74, 6) is 0.181. The Morgan fingerprint density at radius 3 is 1.73 bits per heavy atom. The van der Waals surface area contributed by atoms with Crippen LogP contribution in [0.5, 0.6) is 0 Å². The zero-order valence-corrected chi connectivity index (χ0v) is 14.0. The summed E-state index contributed by atoms with van der Waals surface area (Å²) in [6, 6.07) is 15.8. The van der Waals surface area contributed by atoms with Crippen molar-refractivity contribution >= 4 is 28.4 Å². The normalized spacial score (nSPS) is 12.8. The van der Waals surface area contributed by atoms with Crippen molar-refractivity contribution in [1.29, 1.82) is 0 Å². The molecule has 0 aliphatic rings. The zero-order chi connectivity index (χ0) is 15.7. The van der Waals surface area contributed by atoms with Crippen LogP contribution in [-0.2, 0) is 0 Å². The number of hydrogen-bond acceptors (Lipinski definition) is 4. The van der Waals surface area contributed by atoms with Crippen LogP contribution < -0.4 is 5.23 Å². The van der Waals surface area contributed by atoms with Crippen LogP contribution in [0.1, 0.15) is 31.0 Å².